The third kappa shape index (κ3) is 3.54. The number of likely N-dealkylation sites (N-methyl/N-ethyl adjacent to an activating group) is 1. The first-order chi connectivity index (χ1) is 10.2. The van der Waals surface area contributed by atoms with Gasteiger partial charge in [0.05, 0.1) is 5.88 Å². The summed E-state index contributed by atoms with van der Waals surface area (Å²) in [5.74, 6) is 1.94. The Labute approximate surface area is 142 Å². The predicted molar refractivity (Wildman–Crippen MR) is 91.2 cm³/mol. The first-order valence-corrected chi connectivity index (χ1v) is 9.19. The molecule has 2 saturated heterocycles. The molecule has 0 aromatic carbocycles. The van der Waals surface area contributed by atoms with Crippen molar-refractivity contribution in [3.05, 3.63) is 0 Å². The highest BCUT2D eigenvalue weighted by Gasteiger charge is 2.40. The molecule has 1 aliphatic carbocycles. The molecule has 2 amide bonds. The van der Waals surface area contributed by atoms with E-state index in [-0.39, 0.29) is 42.2 Å². The quantitative estimate of drug-likeness (QED) is 0.836. The van der Waals surface area contributed by atoms with Crippen LogP contribution >= 0.6 is 24.2 Å². The molecule has 1 saturated carbocycles. The second-order valence-corrected chi connectivity index (χ2v) is 7.40. The zero-order valence-corrected chi connectivity index (χ0v) is 14.8. The van der Waals surface area contributed by atoms with E-state index in [1.807, 2.05) is 16.8 Å². The normalized spacial score (nSPS) is 28.7. The Morgan fingerprint density at radius 2 is 1.95 bits per heavy atom. The van der Waals surface area contributed by atoms with Gasteiger partial charge in [0.15, 0.2) is 0 Å². The van der Waals surface area contributed by atoms with Gasteiger partial charge in [-0.3, -0.25) is 9.59 Å². The van der Waals surface area contributed by atoms with E-state index in [1.54, 1.807) is 11.8 Å². The summed E-state index contributed by atoms with van der Waals surface area (Å²) in [5.41, 5.74) is 0. The summed E-state index contributed by atoms with van der Waals surface area (Å²) in [5, 5.41) is 3.30. The maximum atomic E-state index is 12.8. The first kappa shape index (κ1) is 17.9. The van der Waals surface area contributed by atoms with Crippen molar-refractivity contribution in [2.75, 3.05) is 31.8 Å². The van der Waals surface area contributed by atoms with Crippen LogP contribution in [0.3, 0.4) is 0 Å². The smallest absolute Gasteiger partial charge is 0.246 e. The fraction of sp³-hybridized carbons (Fsp3) is 0.867. The fourth-order valence-electron chi connectivity index (χ4n) is 3.66. The van der Waals surface area contributed by atoms with Gasteiger partial charge in [0.2, 0.25) is 11.8 Å². The van der Waals surface area contributed by atoms with Crippen LogP contribution in [-0.2, 0) is 9.59 Å². The molecule has 0 bridgehead atoms. The van der Waals surface area contributed by atoms with Crippen LogP contribution in [0.1, 0.15) is 32.1 Å². The zero-order valence-electron chi connectivity index (χ0n) is 13.1. The van der Waals surface area contributed by atoms with Crippen molar-refractivity contribution < 1.29 is 9.59 Å². The summed E-state index contributed by atoms with van der Waals surface area (Å²) in [4.78, 5) is 29.1. The molecule has 0 radical (unpaired) electrons. The minimum absolute atomic E-state index is 0. The summed E-state index contributed by atoms with van der Waals surface area (Å²) in [6.45, 7) is 1.85. The van der Waals surface area contributed by atoms with Crippen molar-refractivity contribution in [1.29, 1.82) is 0 Å². The van der Waals surface area contributed by atoms with Crippen molar-refractivity contribution in [1.82, 2.24) is 15.1 Å². The third-order valence-electron chi connectivity index (χ3n) is 5.08. The van der Waals surface area contributed by atoms with Crippen LogP contribution in [0.5, 0.6) is 0 Å². The zero-order chi connectivity index (χ0) is 14.8. The molecular formula is C15H26ClN3O2S. The van der Waals surface area contributed by atoms with Crippen molar-refractivity contribution in [3.8, 4) is 0 Å². The van der Waals surface area contributed by atoms with E-state index in [0.717, 1.165) is 50.9 Å². The van der Waals surface area contributed by atoms with Crippen LogP contribution in [0.2, 0.25) is 0 Å². The molecule has 5 nitrogen and oxygen atoms in total. The number of carbonyl (C=O) groups is 2. The van der Waals surface area contributed by atoms with Gasteiger partial charge in [-0.25, -0.2) is 0 Å². The van der Waals surface area contributed by atoms with Crippen molar-refractivity contribution in [3.63, 3.8) is 0 Å². The Kier molecular flexibility index (Phi) is 6.41. The number of thioether (sulfide) groups is 1. The molecule has 22 heavy (non-hydrogen) atoms. The van der Waals surface area contributed by atoms with Gasteiger partial charge in [0, 0.05) is 31.3 Å². The lowest BCUT2D eigenvalue weighted by Crippen LogP contribution is -2.52. The molecule has 2 aliphatic heterocycles. The lowest BCUT2D eigenvalue weighted by atomic mass is 10.1. The van der Waals surface area contributed by atoms with Crippen LogP contribution < -0.4 is 5.32 Å². The Bertz CT molecular complexity index is 412. The summed E-state index contributed by atoms with van der Waals surface area (Å²) in [7, 11) is 1.89. The van der Waals surface area contributed by atoms with Gasteiger partial charge in [-0.1, -0.05) is 12.8 Å². The van der Waals surface area contributed by atoms with Crippen LogP contribution in [0, 0.1) is 5.92 Å². The molecule has 2 heterocycles. The number of nitrogens with zero attached hydrogens (tertiary/aromatic N) is 2. The standard InChI is InChI=1S/C15H25N3O2S.ClH/c1-17(12-6-7-16-8-12)15(20)13-9-21-10-18(13)14(19)11-4-2-3-5-11;/h11-13,16H,2-10H2,1H3;1H. The largest absolute Gasteiger partial charge is 0.340 e. The fourth-order valence-corrected chi connectivity index (χ4v) is 4.81. The van der Waals surface area contributed by atoms with Gasteiger partial charge in [-0.2, -0.15) is 0 Å². The van der Waals surface area contributed by atoms with Crippen molar-refractivity contribution in [2.24, 2.45) is 5.92 Å². The third-order valence-corrected chi connectivity index (χ3v) is 6.10. The lowest BCUT2D eigenvalue weighted by Gasteiger charge is -2.31. The first-order valence-electron chi connectivity index (χ1n) is 8.04. The summed E-state index contributed by atoms with van der Waals surface area (Å²) < 4.78 is 0. The Hall–Kier alpha value is -0.460. The molecule has 0 spiro atoms. The molecule has 2 atom stereocenters. The van der Waals surface area contributed by atoms with Crippen LogP contribution in [-0.4, -0.2) is 65.5 Å². The average Bonchev–Trinajstić information content (AvgIpc) is 3.26. The molecule has 0 aromatic heterocycles. The van der Waals surface area contributed by atoms with E-state index < -0.39 is 0 Å². The SMILES string of the molecule is CN(C(=O)C1CSCN1C(=O)C1CCCC1)C1CCNC1.Cl. The van der Waals surface area contributed by atoms with Gasteiger partial charge in [-0.05, 0) is 25.8 Å². The molecule has 7 heteroatoms. The predicted octanol–water partition coefficient (Wildman–Crippen LogP) is 1.32. The summed E-state index contributed by atoms with van der Waals surface area (Å²) >= 11 is 1.71. The molecule has 1 N–H and O–H groups in total. The molecule has 2 unspecified atom stereocenters. The number of nitrogens with one attached hydrogen (secondary N) is 1. The van der Waals surface area contributed by atoms with E-state index >= 15 is 0 Å². The summed E-state index contributed by atoms with van der Waals surface area (Å²) in [6, 6.07) is 0.0419. The van der Waals surface area contributed by atoms with E-state index in [4.69, 9.17) is 0 Å². The number of hydrogen-bond acceptors (Lipinski definition) is 4. The second kappa shape index (κ2) is 7.88. The average molecular weight is 348 g/mol. The molecular weight excluding hydrogens is 322 g/mol. The van der Waals surface area contributed by atoms with Gasteiger partial charge in [0.1, 0.15) is 6.04 Å². The molecule has 3 aliphatic rings. The minimum atomic E-state index is -0.242. The number of carbonyl (C=O) groups excluding carboxylic acids is 2. The monoisotopic (exact) mass is 347 g/mol. The molecule has 126 valence electrons. The van der Waals surface area contributed by atoms with E-state index in [0.29, 0.717) is 5.88 Å². The maximum Gasteiger partial charge on any atom is 0.246 e. The minimum Gasteiger partial charge on any atom is -0.340 e. The highest BCUT2D eigenvalue weighted by atomic mass is 35.5. The van der Waals surface area contributed by atoms with Gasteiger partial charge >= 0.3 is 0 Å². The number of halogens is 1. The van der Waals surface area contributed by atoms with Crippen LogP contribution in [0.4, 0.5) is 0 Å². The Morgan fingerprint density at radius 1 is 1.23 bits per heavy atom. The number of hydrogen-bond donors (Lipinski definition) is 1. The van der Waals surface area contributed by atoms with Crippen LogP contribution in [0.15, 0.2) is 0 Å². The van der Waals surface area contributed by atoms with Crippen molar-refractivity contribution >= 4 is 36.0 Å². The highest BCUT2D eigenvalue weighted by Crippen LogP contribution is 2.31. The molecule has 3 rings (SSSR count). The van der Waals surface area contributed by atoms with E-state index in [1.165, 1.54) is 0 Å². The van der Waals surface area contributed by atoms with Crippen molar-refractivity contribution in [2.45, 2.75) is 44.2 Å². The van der Waals surface area contributed by atoms with Gasteiger partial charge < -0.3 is 15.1 Å². The van der Waals surface area contributed by atoms with Gasteiger partial charge in [0.25, 0.3) is 0 Å². The topological polar surface area (TPSA) is 52.7 Å². The Balaban J connectivity index is 0.00000176. The lowest BCUT2D eigenvalue weighted by molar-refractivity contribution is -0.145. The van der Waals surface area contributed by atoms with E-state index in [2.05, 4.69) is 5.32 Å². The maximum absolute atomic E-state index is 12.8. The number of rotatable bonds is 3. The molecule has 3 fully saturated rings. The van der Waals surface area contributed by atoms with E-state index in [9.17, 15) is 9.59 Å². The summed E-state index contributed by atoms with van der Waals surface area (Å²) in [6.07, 6.45) is 5.33. The molecule has 0 aromatic rings. The van der Waals surface area contributed by atoms with Crippen LogP contribution in [0.25, 0.3) is 0 Å². The van der Waals surface area contributed by atoms with Gasteiger partial charge in [-0.15, -0.1) is 24.2 Å². The second-order valence-electron chi connectivity index (χ2n) is 6.40. The Morgan fingerprint density at radius 3 is 2.59 bits per heavy atom. The number of amides is 2. The highest BCUT2D eigenvalue weighted by molar-refractivity contribution is 7.99.